The predicted molar refractivity (Wildman–Crippen MR) is 115 cm³/mol. The molecular formula is C20H14Cl2FN5O3. The third-order valence-corrected chi connectivity index (χ3v) is 4.50. The fourth-order valence-electron chi connectivity index (χ4n) is 2.54. The van der Waals surface area contributed by atoms with Gasteiger partial charge in [0.15, 0.2) is 0 Å². The summed E-state index contributed by atoms with van der Waals surface area (Å²) >= 11 is 11.8. The third-order valence-electron chi connectivity index (χ3n) is 4.04. The maximum Gasteiger partial charge on any atom is 0.258 e. The minimum Gasteiger partial charge on any atom is -0.391 e. The summed E-state index contributed by atoms with van der Waals surface area (Å²) in [6.45, 7) is 0. The minimum absolute atomic E-state index is 0.0351. The van der Waals surface area contributed by atoms with E-state index in [1.54, 1.807) is 6.07 Å². The van der Waals surface area contributed by atoms with Crippen molar-refractivity contribution in [1.82, 2.24) is 4.98 Å². The summed E-state index contributed by atoms with van der Waals surface area (Å²) in [5.41, 5.74) is -0.122. The number of hydrogen-bond donors (Lipinski definition) is 4. The SMILES string of the molecule is N=C(ON)c1ccc(C(=O)Nc2ccc(Cl)cc2C(=O)Nc2ccc(Cl)cn2)c(F)c1. The van der Waals surface area contributed by atoms with Crippen LogP contribution in [0.5, 0.6) is 0 Å². The molecule has 3 aromatic rings. The lowest BCUT2D eigenvalue weighted by molar-refractivity contribution is 0.102. The molecule has 0 fully saturated rings. The number of nitrogens with one attached hydrogen (secondary N) is 3. The number of nitrogens with zero attached hydrogens (tertiary/aromatic N) is 1. The Kier molecular flexibility index (Phi) is 6.81. The Morgan fingerprint density at radius 2 is 1.68 bits per heavy atom. The number of carbonyl (C=O) groups excluding carboxylic acids is 2. The van der Waals surface area contributed by atoms with Crippen LogP contribution in [0.3, 0.4) is 0 Å². The quantitative estimate of drug-likeness (QED) is 0.256. The topological polar surface area (TPSA) is 130 Å². The van der Waals surface area contributed by atoms with Crippen molar-refractivity contribution in [3.8, 4) is 0 Å². The van der Waals surface area contributed by atoms with Crippen LogP contribution in [-0.2, 0) is 4.84 Å². The predicted octanol–water partition coefficient (Wildman–Crippen LogP) is 4.25. The standard InChI is InChI=1S/C20H14Cl2FN5O3/c21-11-2-5-16(14(8-11)20(30)28-17-6-3-12(22)9-26-17)27-19(29)13-4-1-10(7-15(13)23)18(24)31-25/h1-9,24H,25H2,(H,27,29)(H,26,28,30). The average Bonchev–Trinajstić information content (AvgIpc) is 2.75. The Morgan fingerprint density at radius 3 is 2.32 bits per heavy atom. The van der Waals surface area contributed by atoms with E-state index in [4.69, 9.17) is 34.5 Å². The monoisotopic (exact) mass is 461 g/mol. The molecule has 31 heavy (non-hydrogen) atoms. The van der Waals surface area contributed by atoms with Crippen molar-refractivity contribution in [1.29, 1.82) is 5.41 Å². The molecule has 0 saturated carbocycles. The van der Waals surface area contributed by atoms with E-state index >= 15 is 0 Å². The van der Waals surface area contributed by atoms with Gasteiger partial charge < -0.3 is 15.5 Å². The van der Waals surface area contributed by atoms with Crippen LogP contribution < -0.4 is 16.5 Å². The molecule has 3 rings (SSSR count). The molecule has 5 N–H and O–H groups in total. The van der Waals surface area contributed by atoms with Gasteiger partial charge >= 0.3 is 0 Å². The number of benzene rings is 2. The molecule has 2 amide bonds. The summed E-state index contributed by atoms with van der Waals surface area (Å²) in [6.07, 6.45) is 1.36. The third kappa shape index (κ3) is 5.34. The summed E-state index contributed by atoms with van der Waals surface area (Å²) in [5.74, 6) is 2.35. The van der Waals surface area contributed by atoms with E-state index in [1.807, 2.05) is 0 Å². The highest BCUT2D eigenvalue weighted by Crippen LogP contribution is 2.23. The van der Waals surface area contributed by atoms with E-state index in [9.17, 15) is 14.0 Å². The second-order valence-electron chi connectivity index (χ2n) is 6.10. The van der Waals surface area contributed by atoms with Gasteiger partial charge in [-0.1, -0.05) is 23.2 Å². The number of halogens is 3. The number of pyridine rings is 1. The fraction of sp³-hybridized carbons (Fsp3) is 0. The highest BCUT2D eigenvalue weighted by molar-refractivity contribution is 6.31. The van der Waals surface area contributed by atoms with E-state index in [0.29, 0.717) is 5.02 Å². The van der Waals surface area contributed by atoms with E-state index in [1.165, 1.54) is 42.6 Å². The van der Waals surface area contributed by atoms with Crippen LogP contribution in [0.4, 0.5) is 15.9 Å². The zero-order valence-electron chi connectivity index (χ0n) is 15.6. The number of rotatable bonds is 5. The lowest BCUT2D eigenvalue weighted by atomic mass is 10.1. The second kappa shape index (κ2) is 9.52. The van der Waals surface area contributed by atoms with Crippen LogP contribution in [0.1, 0.15) is 26.3 Å². The van der Waals surface area contributed by atoms with Gasteiger partial charge in [-0.2, -0.15) is 5.90 Å². The molecule has 1 heterocycles. The van der Waals surface area contributed by atoms with E-state index < -0.39 is 23.5 Å². The molecule has 8 nitrogen and oxygen atoms in total. The molecule has 0 atom stereocenters. The molecule has 2 aromatic carbocycles. The molecule has 0 unspecified atom stereocenters. The van der Waals surface area contributed by atoms with Crippen molar-refractivity contribution in [3.05, 3.63) is 87.3 Å². The number of hydrogen-bond acceptors (Lipinski definition) is 6. The van der Waals surface area contributed by atoms with Gasteiger partial charge in [-0.3, -0.25) is 15.0 Å². The minimum atomic E-state index is -0.901. The molecule has 0 aliphatic heterocycles. The van der Waals surface area contributed by atoms with Gasteiger partial charge in [0, 0.05) is 16.8 Å². The second-order valence-corrected chi connectivity index (χ2v) is 6.97. The Hall–Kier alpha value is -3.53. The van der Waals surface area contributed by atoms with Gasteiger partial charge in [0.1, 0.15) is 11.6 Å². The smallest absolute Gasteiger partial charge is 0.258 e. The molecule has 11 heteroatoms. The Labute approximate surface area is 185 Å². The normalized spacial score (nSPS) is 10.3. The largest absolute Gasteiger partial charge is 0.391 e. The van der Waals surface area contributed by atoms with Gasteiger partial charge in [0.2, 0.25) is 5.90 Å². The van der Waals surface area contributed by atoms with Crippen molar-refractivity contribution in [2.75, 3.05) is 10.6 Å². The van der Waals surface area contributed by atoms with Gasteiger partial charge in [-0.15, -0.1) is 0 Å². The number of anilines is 2. The Bertz CT molecular complexity index is 1170. The van der Waals surface area contributed by atoms with E-state index in [0.717, 1.165) is 6.07 Å². The van der Waals surface area contributed by atoms with E-state index in [-0.39, 0.29) is 33.2 Å². The first-order valence-corrected chi connectivity index (χ1v) is 9.33. The van der Waals surface area contributed by atoms with E-state index in [2.05, 4.69) is 20.5 Å². The lowest BCUT2D eigenvalue weighted by Crippen LogP contribution is -2.20. The van der Waals surface area contributed by atoms with Crippen molar-refractivity contribution in [3.63, 3.8) is 0 Å². The highest BCUT2D eigenvalue weighted by atomic mass is 35.5. The van der Waals surface area contributed by atoms with Crippen LogP contribution in [0, 0.1) is 11.2 Å². The van der Waals surface area contributed by atoms with Gasteiger partial charge in [0.25, 0.3) is 11.8 Å². The fourth-order valence-corrected chi connectivity index (χ4v) is 2.83. The number of carbonyl (C=O) groups is 2. The first kappa shape index (κ1) is 22.2. The van der Waals surface area contributed by atoms with Gasteiger partial charge in [0.05, 0.1) is 21.8 Å². The molecule has 0 bridgehead atoms. The van der Waals surface area contributed by atoms with Crippen molar-refractivity contribution in [2.24, 2.45) is 5.90 Å². The highest BCUT2D eigenvalue weighted by Gasteiger charge is 2.19. The van der Waals surface area contributed by atoms with Crippen molar-refractivity contribution >= 4 is 52.4 Å². The van der Waals surface area contributed by atoms with Crippen molar-refractivity contribution < 1.29 is 18.8 Å². The summed E-state index contributed by atoms with van der Waals surface area (Å²) in [7, 11) is 0. The zero-order valence-corrected chi connectivity index (χ0v) is 17.1. The zero-order chi connectivity index (χ0) is 22.5. The molecular weight excluding hydrogens is 448 g/mol. The van der Waals surface area contributed by atoms with Crippen LogP contribution in [-0.4, -0.2) is 22.7 Å². The van der Waals surface area contributed by atoms with Gasteiger partial charge in [-0.25, -0.2) is 9.37 Å². The molecule has 0 spiro atoms. The van der Waals surface area contributed by atoms with Crippen LogP contribution >= 0.6 is 23.2 Å². The lowest BCUT2D eigenvalue weighted by Gasteiger charge is -2.12. The first-order valence-electron chi connectivity index (χ1n) is 8.57. The van der Waals surface area contributed by atoms with Crippen LogP contribution in [0.15, 0.2) is 54.7 Å². The van der Waals surface area contributed by atoms with Crippen molar-refractivity contribution in [2.45, 2.75) is 0 Å². The Balaban J connectivity index is 1.85. The summed E-state index contributed by atoms with van der Waals surface area (Å²) in [6, 6.07) is 10.7. The number of nitrogens with two attached hydrogens (primary N) is 1. The molecule has 0 aliphatic rings. The molecule has 0 aliphatic carbocycles. The maximum atomic E-state index is 14.4. The average molecular weight is 462 g/mol. The summed E-state index contributed by atoms with van der Waals surface area (Å²) in [4.78, 5) is 33.5. The summed E-state index contributed by atoms with van der Waals surface area (Å²) < 4.78 is 14.4. The molecule has 1 aromatic heterocycles. The maximum absolute atomic E-state index is 14.4. The Morgan fingerprint density at radius 1 is 0.968 bits per heavy atom. The summed E-state index contributed by atoms with van der Waals surface area (Å²) in [5, 5.41) is 13.1. The molecule has 0 saturated heterocycles. The molecule has 0 radical (unpaired) electrons. The van der Waals surface area contributed by atoms with Gasteiger partial charge in [-0.05, 0) is 48.5 Å². The molecule has 158 valence electrons. The first-order chi connectivity index (χ1) is 14.8. The van der Waals surface area contributed by atoms with Crippen LogP contribution in [0.25, 0.3) is 0 Å². The van der Waals surface area contributed by atoms with Crippen LogP contribution in [0.2, 0.25) is 10.0 Å². The number of aromatic nitrogens is 1. The number of amides is 2.